The highest BCUT2D eigenvalue weighted by Crippen LogP contribution is 2.33. The summed E-state index contributed by atoms with van der Waals surface area (Å²) in [4.78, 5) is 21.6. The fourth-order valence-electron chi connectivity index (χ4n) is 3.31. The average Bonchev–Trinajstić information content (AvgIpc) is 3.33. The van der Waals surface area contributed by atoms with Crippen LogP contribution in [-0.4, -0.2) is 48.8 Å². The van der Waals surface area contributed by atoms with Crippen LogP contribution >= 0.6 is 11.3 Å². The molecule has 0 aliphatic carbocycles. The van der Waals surface area contributed by atoms with E-state index in [1.54, 1.807) is 29.5 Å². The minimum atomic E-state index is 0.0345. The van der Waals surface area contributed by atoms with Gasteiger partial charge < -0.3 is 19.3 Å². The number of rotatable bonds is 2. The number of para-hydroxylation sites is 1. The Hall–Kier alpha value is -2.80. The molecule has 3 heterocycles. The van der Waals surface area contributed by atoms with Crippen LogP contribution in [0.3, 0.4) is 0 Å². The number of thiazole rings is 1. The van der Waals surface area contributed by atoms with Gasteiger partial charge in [-0.05, 0) is 30.3 Å². The van der Waals surface area contributed by atoms with Crippen LogP contribution in [0.5, 0.6) is 11.5 Å². The summed E-state index contributed by atoms with van der Waals surface area (Å²) in [6, 6.07) is 13.5. The Bertz CT molecular complexity index is 946. The zero-order valence-electron chi connectivity index (χ0n) is 14.1. The number of benzene rings is 2. The van der Waals surface area contributed by atoms with E-state index in [-0.39, 0.29) is 12.7 Å². The maximum Gasteiger partial charge on any atom is 0.254 e. The van der Waals surface area contributed by atoms with Gasteiger partial charge in [-0.3, -0.25) is 4.79 Å². The van der Waals surface area contributed by atoms with E-state index in [1.807, 2.05) is 23.1 Å². The molecule has 0 spiro atoms. The highest BCUT2D eigenvalue weighted by atomic mass is 32.1. The van der Waals surface area contributed by atoms with E-state index in [2.05, 4.69) is 11.0 Å². The lowest BCUT2D eigenvalue weighted by molar-refractivity contribution is 0.0746. The number of anilines is 1. The van der Waals surface area contributed by atoms with Gasteiger partial charge in [0.25, 0.3) is 5.91 Å². The highest BCUT2D eigenvalue weighted by Gasteiger charge is 2.25. The number of carbonyl (C=O) groups is 1. The Morgan fingerprint density at radius 1 is 1.00 bits per heavy atom. The second kappa shape index (κ2) is 6.17. The quantitative estimate of drug-likeness (QED) is 0.697. The van der Waals surface area contributed by atoms with Gasteiger partial charge in [0.05, 0.1) is 10.2 Å². The fraction of sp³-hybridized carbons (Fsp3) is 0.263. The molecular weight excluding hydrogens is 350 g/mol. The van der Waals surface area contributed by atoms with E-state index in [0.29, 0.717) is 30.2 Å². The number of hydrogen-bond acceptors (Lipinski definition) is 6. The van der Waals surface area contributed by atoms with Gasteiger partial charge in [0.15, 0.2) is 16.6 Å². The SMILES string of the molecule is O=C(c1ccc2c(c1)OCO2)N1CCN(c2nc3ccccc3s2)CC1. The summed E-state index contributed by atoms with van der Waals surface area (Å²) in [5.41, 5.74) is 1.68. The molecule has 2 aromatic carbocycles. The van der Waals surface area contributed by atoms with Crippen LogP contribution in [0.2, 0.25) is 0 Å². The van der Waals surface area contributed by atoms with Gasteiger partial charge >= 0.3 is 0 Å². The van der Waals surface area contributed by atoms with Crippen molar-refractivity contribution < 1.29 is 14.3 Å². The fourth-order valence-corrected chi connectivity index (χ4v) is 4.33. The van der Waals surface area contributed by atoms with Crippen LogP contribution in [0, 0.1) is 0 Å². The van der Waals surface area contributed by atoms with E-state index in [9.17, 15) is 4.79 Å². The van der Waals surface area contributed by atoms with E-state index >= 15 is 0 Å². The Balaban J connectivity index is 1.28. The summed E-state index contributed by atoms with van der Waals surface area (Å²) in [6.07, 6.45) is 0. The molecule has 3 aromatic rings. The maximum atomic E-state index is 12.8. The topological polar surface area (TPSA) is 54.9 Å². The molecule has 6 nitrogen and oxygen atoms in total. The molecule has 0 radical (unpaired) electrons. The molecule has 0 bridgehead atoms. The van der Waals surface area contributed by atoms with Crippen LogP contribution in [-0.2, 0) is 0 Å². The average molecular weight is 367 g/mol. The molecule has 1 amide bonds. The maximum absolute atomic E-state index is 12.8. The lowest BCUT2D eigenvalue weighted by atomic mass is 10.1. The van der Waals surface area contributed by atoms with Crippen molar-refractivity contribution in [1.82, 2.24) is 9.88 Å². The van der Waals surface area contributed by atoms with Crippen LogP contribution in [0.4, 0.5) is 5.13 Å². The highest BCUT2D eigenvalue weighted by molar-refractivity contribution is 7.22. The van der Waals surface area contributed by atoms with Crippen LogP contribution in [0.25, 0.3) is 10.2 Å². The Kier molecular flexibility index (Phi) is 3.67. The predicted molar refractivity (Wildman–Crippen MR) is 100 cm³/mol. The normalized spacial score (nSPS) is 16.3. The van der Waals surface area contributed by atoms with Gasteiger partial charge in [-0.25, -0.2) is 4.98 Å². The summed E-state index contributed by atoms with van der Waals surface area (Å²) >= 11 is 1.70. The minimum Gasteiger partial charge on any atom is -0.454 e. The summed E-state index contributed by atoms with van der Waals surface area (Å²) in [5, 5.41) is 1.03. The molecule has 1 saturated heterocycles. The molecule has 0 N–H and O–H groups in total. The summed E-state index contributed by atoms with van der Waals surface area (Å²) in [5.74, 6) is 1.37. The number of aromatic nitrogens is 1. The number of ether oxygens (including phenoxy) is 2. The molecule has 1 aromatic heterocycles. The number of fused-ring (bicyclic) bond motifs is 2. The van der Waals surface area contributed by atoms with E-state index in [1.165, 1.54) is 4.70 Å². The van der Waals surface area contributed by atoms with Crippen molar-refractivity contribution in [1.29, 1.82) is 0 Å². The molecule has 132 valence electrons. The van der Waals surface area contributed by atoms with Gasteiger partial charge in [-0.15, -0.1) is 0 Å². The second-order valence-electron chi connectivity index (χ2n) is 6.31. The van der Waals surface area contributed by atoms with Gasteiger partial charge in [-0.1, -0.05) is 23.5 Å². The van der Waals surface area contributed by atoms with E-state index < -0.39 is 0 Å². The smallest absolute Gasteiger partial charge is 0.254 e. The standard InChI is InChI=1S/C19H17N3O3S/c23-18(13-5-6-15-16(11-13)25-12-24-15)21-7-9-22(10-8-21)19-20-14-3-1-2-4-17(14)26-19/h1-6,11H,7-10,12H2. The summed E-state index contributed by atoms with van der Waals surface area (Å²) in [6.45, 7) is 3.16. The molecule has 2 aliphatic rings. The lowest BCUT2D eigenvalue weighted by Crippen LogP contribution is -2.48. The number of amides is 1. The van der Waals surface area contributed by atoms with Gasteiger partial charge in [0.2, 0.25) is 6.79 Å². The van der Waals surface area contributed by atoms with Crippen molar-refractivity contribution in [3.63, 3.8) is 0 Å². The molecule has 1 fully saturated rings. The molecule has 5 rings (SSSR count). The zero-order chi connectivity index (χ0) is 17.5. The van der Waals surface area contributed by atoms with Crippen LogP contribution in [0.1, 0.15) is 10.4 Å². The number of hydrogen-bond donors (Lipinski definition) is 0. The first kappa shape index (κ1) is 15.5. The monoisotopic (exact) mass is 367 g/mol. The van der Waals surface area contributed by atoms with Gasteiger partial charge in [0, 0.05) is 31.7 Å². The Morgan fingerprint density at radius 3 is 2.65 bits per heavy atom. The number of carbonyl (C=O) groups excluding carboxylic acids is 1. The third-order valence-corrected chi connectivity index (χ3v) is 5.84. The summed E-state index contributed by atoms with van der Waals surface area (Å²) < 4.78 is 11.9. The largest absolute Gasteiger partial charge is 0.454 e. The molecule has 0 atom stereocenters. The van der Waals surface area contributed by atoms with Crippen molar-refractivity contribution in [2.24, 2.45) is 0 Å². The second-order valence-corrected chi connectivity index (χ2v) is 7.32. The predicted octanol–water partition coefficient (Wildman–Crippen LogP) is 2.99. The number of piperazine rings is 1. The molecular formula is C19H17N3O3S. The molecule has 7 heteroatoms. The van der Waals surface area contributed by atoms with Crippen LogP contribution < -0.4 is 14.4 Å². The van der Waals surface area contributed by atoms with Crippen molar-refractivity contribution in [3.8, 4) is 11.5 Å². The third-order valence-electron chi connectivity index (χ3n) is 4.74. The minimum absolute atomic E-state index is 0.0345. The summed E-state index contributed by atoms with van der Waals surface area (Å²) in [7, 11) is 0. The molecule has 26 heavy (non-hydrogen) atoms. The zero-order valence-corrected chi connectivity index (χ0v) is 14.9. The Labute approximate surface area is 154 Å². The lowest BCUT2D eigenvalue weighted by Gasteiger charge is -2.34. The molecule has 0 unspecified atom stereocenters. The molecule has 2 aliphatic heterocycles. The van der Waals surface area contributed by atoms with Crippen molar-refractivity contribution in [2.75, 3.05) is 37.9 Å². The van der Waals surface area contributed by atoms with E-state index in [4.69, 9.17) is 14.5 Å². The van der Waals surface area contributed by atoms with Gasteiger partial charge in [0.1, 0.15) is 0 Å². The third kappa shape index (κ3) is 2.64. The van der Waals surface area contributed by atoms with Crippen molar-refractivity contribution in [3.05, 3.63) is 48.0 Å². The number of nitrogens with zero attached hydrogens (tertiary/aromatic N) is 3. The van der Waals surface area contributed by atoms with E-state index in [0.717, 1.165) is 23.7 Å². The van der Waals surface area contributed by atoms with Crippen molar-refractivity contribution in [2.45, 2.75) is 0 Å². The van der Waals surface area contributed by atoms with Crippen LogP contribution in [0.15, 0.2) is 42.5 Å². The first-order valence-corrected chi connectivity index (χ1v) is 9.39. The van der Waals surface area contributed by atoms with Gasteiger partial charge in [-0.2, -0.15) is 0 Å². The molecule has 0 saturated carbocycles. The van der Waals surface area contributed by atoms with Crippen molar-refractivity contribution >= 4 is 32.6 Å². The Morgan fingerprint density at radius 2 is 1.81 bits per heavy atom. The first-order chi connectivity index (χ1) is 12.8. The first-order valence-electron chi connectivity index (χ1n) is 8.57.